The third-order valence-corrected chi connectivity index (χ3v) is 4.92. The van der Waals surface area contributed by atoms with E-state index in [2.05, 4.69) is 4.72 Å². The zero-order valence-corrected chi connectivity index (χ0v) is 11.3. The first-order valence-electron chi connectivity index (χ1n) is 6.25. The van der Waals surface area contributed by atoms with Gasteiger partial charge in [0, 0.05) is 12.1 Å². The fourth-order valence-electron chi connectivity index (χ4n) is 2.37. The van der Waals surface area contributed by atoms with Crippen molar-refractivity contribution in [1.82, 2.24) is 4.72 Å². The van der Waals surface area contributed by atoms with E-state index in [4.69, 9.17) is 9.52 Å². The predicted molar refractivity (Wildman–Crippen MR) is 66.6 cm³/mol. The summed E-state index contributed by atoms with van der Waals surface area (Å²) >= 11 is 0. The molecule has 2 N–H and O–H groups in total. The van der Waals surface area contributed by atoms with Crippen LogP contribution in [-0.2, 0) is 16.6 Å². The van der Waals surface area contributed by atoms with Gasteiger partial charge in [0.2, 0.25) is 10.0 Å². The van der Waals surface area contributed by atoms with Crippen LogP contribution in [0.15, 0.2) is 15.4 Å². The molecule has 2 rings (SSSR count). The van der Waals surface area contributed by atoms with Crippen LogP contribution in [0, 0.1) is 6.92 Å². The van der Waals surface area contributed by atoms with Gasteiger partial charge in [-0.1, -0.05) is 19.3 Å². The molecule has 0 unspecified atom stereocenters. The molecule has 5 nitrogen and oxygen atoms in total. The number of rotatable bonds is 4. The van der Waals surface area contributed by atoms with Crippen LogP contribution in [0.4, 0.5) is 0 Å². The van der Waals surface area contributed by atoms with Crippen LogP contribution >= 0.6 is 0 Å². The summed E-state index contributed by atoms with van der Waals surface area (Å²) in [5, 5.41) is 8.95. The molecule has 0 aliphatic heterocycles. The number of aliphatic hydroxyl groups is 1. The summed E-state index contributed by atoms with van der Waals surface area (Å²) < 4.78 is 32.3. The van der Waals surface area contributed by atoms with Gasteiger partial charge in [0.1, 0.15) is 23.0 Å². The molecule has 102 valence electrons. The second kappa shape index (κ2) is 5.42. The normalized spacial score (nSPS) is 18.1. The van der Waals surface area contributed by atoms with Crippen molar-refractivity contribution >= 4 is 10.0 Å². The van der Waals surface area contributed by atoms with Gasteiger partial charge >= 0.3 is 0 Å². The predicted octanol–water partition coefficient (Wildman–Crippen LogP) is 1.69. The molecule has 18 heavy (non-hydrogen) atoms. The van der Waals surface area contributed by atoms with Crippen molar-refractivity contribution in [2.24, 2.45) is 0 Å². The average molecular weight is 273 g/mol. The van der Waals surface area contributed by atoms with Gasteiger partial charge in [0.05, 0.1) is 0 Å². The summed E-state index contributed by atoms with van der Waals surface area (Å²) in [6, 6.07) is 1.41. The molecule has 1 aliphatic carbocycles. The second-order valence-electron chi connectivity index (χ2n) is 4.75. The van der Waals surface area contributed by atoms with Gasteiger partial charge in [0.25, 0.3) is 0 Å². The highest BCUT2D eigenvalue weighted by Gasteiger charge is 2.25. The Labute approximate surface area is 107 Å². The molecule has 0 spiro atoms. The summed E-state index contributed by atoms with van der Waals surface area (Å²) in [6.07, 6.45) is 5.10. The Morgan fingerprint density at radius 2 is 2.06 bits per heavy atom. The maximum atomic E-state index is 12.2. The molecule has 1 aromatic rings. The van der Waals surface area contributed by atoms with Crippen molar-refractivity contribution < 1.29 is 17.9 Å². The molecular formula is C12H19NO4S. The molecule has 0 saturated heterocycles. The fraction of sp³-hybridized carbons (Fsp3) is 0.667. The highest BCUT2D eigenvalue weighted by Crippen LogP contribution is 2.23. The van der Waals surface area contributed by atoms with Crippen LogP contribution in [0.1, 0.15) is 43.6 Å². The molecule has 0 radical (unpaired) electrons. The highest BCUT2D eigenvalue weighted by molar-refractivity contribution is 7.89. The molecule has 0 aromatic carbocycles. The summed E-state index contributed by atoms with van der Waals surface area (Å²) in [5.74, 6) is 0.596. The zero-order chi connectivity index (χ0) is 13.2. The van der Waals surface area contributed by atoms with Gasteiger partial charge in [-0.2, -0.15) is 0 Å². The first kappa shape index (κ1) is 13.6. The molecule has 6 heteroatoms. The highest BCUT2D eigenvalue weighted by atomic mass is 32.2. The fourth-order valence-corrected chi connectivity index (χ4v) is 3.88. The molecule has 0 atom stereocenters. The monoisotopic (exact) mass is 273 g/mol. The molecule has 1 fully saturated rings. The second-order valence-corrected chi connectivity index (χ2v) is 6.43. The minimum atomic E-state index is -3.53. The van der Waals surface area contributed by atoms with Crippen LogP contribution in [-0.4, -0.2) is 19.6 Å². The molecular weight excluding hydrogens is 254 g/mol. The van der Waals surface area contributed by atoms with Gasteiger partial charge in [0.15, 0.2) is 0 Å². The maximum Gasteiger partial charge on any atom is 0.244 e. The Hall–Kier alpha value is -0.850. The third kappa shape index (κ3) is 2.93. The Bertz CT molecular complexity index is 500. The summed E-state index contributed by atoms with van der Waals surface area (Å²) in [7, 11) is -3.53. The number of furan rings is 1. The van der Waals surface area contributed by atoms with Gasteiger partial charge in [-0.15, -0.1) is 0 Å². The molecule has 1 aromatic heterocycles. The quantitative estimate of drug-likeness (QED) is 0.875. The largest absolute Gasteiger partial charge is 0.462 e. The third-order valence-electron chi connectivity index (χ3n) is 3.30. The van der Waals surface area contributed by atoms with Crippen LogP contribution in [0.2, 0.25) is 0 Å². The van der Waals surface area contributed by atoms with E-state index >= 15 is 0 Å². The smallest absolute Gasteiger partial charge is 0.244 e. The Balaban J connectivity index is 2.16. The van der Waals surface area contributed by atoms with Crippen LogP contribution < -0.4 is 4.72 Å². The number of aliphatic hydroxyl groups excluding tert-OH is 1. The zero-order valence-electron chi connectivity index (χ0n) is 10.5. The SMILES string of the molecule is Cc1oc(CO)cc1S(=O)(=O)NC1CCCCC1. The van der Waals surface area contributed by atoms with Gasteiger partial charge in [-0.25, -0.2) is 13.1 Å². The van der Waals surface area contributed by atoms with E-state index in [-0.39, 0.29) is 23.3 Å². The Morgan fingerprint density at radius 3 is 2.61 bits per heavy atom. The average Bonchev–Trinajstić information content (AvgIpc) is 2.72. The summed E-state index contributed by atoms with van der Waals surface area (Å²) in [5.41, 5.74) is 0. The van der Waals surface area contributed by atoms with E-state index in [0.29, 0.717) is 5.76 Å². The van der Waals surface area contributed by atoms with Crippen molar-refractivity contribution in [2.45, 2.75) is 56.6 Å². The lowest BCUT2D eigenvalue weighted by atomic mass is 9.96. The molecule has 0 bridgehead atoms. The van der Waals surface area contributed by atoms with Gasteiger partial charge in [-0.3, -0.25) is 0 Å². The lowest BCUT2D eigenvalue weighted by molar-refractivity contribution is 0.244. The van der Waals surface area contributed by atoms with E-state index in [1.54, 1.807) is 6.92 Å². The van der Waals surface area contributed by atoms with Crippen molar-refractivity contribution in [3.63, 3.8) is 0 Å². The lowest BCUT2D eigenvalue weighted by Crippen LogP contribution is -2.36. The van der Waals surface area contributed by atoms with E-state index in [0.717, 1.165) is 25.7 Å². The summed E-state index contributed by atoms with van der Waals surface area (Å²) in [4.78, 5) is 0.136. The topological polar surface area (TPSA) is 79.5 Å². The van der Waals surface area contributed by atoms with Gasteiger partial charge in [-0.05, 0) is 19.8 Å². The van der Waals surface area contributed by atoms with E-state index < -0.39 is 10.0 Å². The maximum absolute atomic E-state index is 12.2. The first-order valence-corrected chi connectivity index (χ1v) is 7.74. The minimum Gasteiger partial charge on any atom is -0.462 e. The number of aryl methyl sites for hydroxylation is 1. The minimum absolute atomic E-state index is 0.0237. The number of sulfonamides is 1. The van der Waals surface area contributed by atoms with Crippen LogP contribution in [0.25, 0.3) is 0 Å². The Morgan fingerprint density at radius 1 is 1.39 bits per heavy atom. The van der Waals surface area contributed by atoms with Crippen molar-refractivity contribution in [2.75, 3.05) is 0 Å². The van der Waals surface area contributed by atoms with Crippen molar-refractivity contribution in [3.8, 4) is 0 Å². The lowest BCUT2D eigenvalue weighted by Gasteiger charge is -2.22. The number of hydrogen-bond acceptors (Lipinski definition) is 4. The standard InChI is InChI=1S/C12H19NO4S/c1-9-12(7-11(8-14)17-9)18(15,16)13-10-5-3-2-4-6-10/h7,10,13-14H,2-6,8H2,1H3. The summed E-state index contributed by atoms with van der Waals surface area (Å²) in [6.45, 7) is 1.30. The van der Waals surface area contributed by atoms with Crippen LogP contribution in [0.5, 0.6) is 0 Å². The van der Waals surface area contributed by atoms with E-state index in [1.807, 2.05) is 0 Å². The van der Waals surface area contributed by atoms with Crippen LogP contribution in [0.3, 0.4) is 0 Å². The van der Waals surface area contributed by atoms with Crippen molar-refractivity contribution in [3.05, 3.63) is 17.6 Å². The number of nitrogens with one attached hydrogen (secondary N) is 1. The molecule has 1 aliphatic rings. The molecule has 0 amide bonds. The number of hydrogen-bond donors (Lipinski definition) is 2. The van der Waals surface area contributed by atoms with E-state index in [1.165, 1.54) is 12.5 Å². The molecule has 1 saturated carbocycles. The van der Waals surface area contributed by atoms with E-state index in [9.17, 15) is 8.42 Å². The molecule has 1 heterocycles. The first-order chi connectivity index (χ1) is 8.53. The van der Waals surface area contributed by atoms with Crippen molar-refractivity contribution in [1.29, 1.82) is 0 Å². The van der Waals surface area contributed by atoms with Gasteiger partial charge < -0.3 is 9.52 Å². The Kier molecular flexibility index (Phi) is 4.09.